The van der Waals surface area contributed by atoms with Gasteiger partial charge in [-0.05, 0) is 107 Å². The summed E-state index contributed by atoms with van der Waals surface area (Å²) in [5.74, 6) is 1.65. The molecular formula is C48H30N4OS. The lowest BCUT2D eigenvalue weighted by atomic mass is 9.66. The van der Waals surface area contributed by atoms with E-state index in [-0.39, 0.29) is 0 Å². The SMILES string of the molecule is c1ccc2c(c1)Cc1ccccc1N2c1ccc2c(c1)C1(c3cc(N4c5ccccc5Sc5ccccc54)ccc3O2)c2cccnc2-c2ncccc21. The van der Waals surface area contributed by atoms with Crippen molar-refractivity contribution in [2.45, 2.75) is 21.6 Å². The molecule has 254 valence electrons. The Bertz CT molecular complexity index is 2580. The van der Waals surface area contributed by atoms with Gasteiger partial charge in [-0.2, -0.15) is 0 Å². The Labute approximate surface area is 317 Å². The van der Waals surface area contributed by atoms with Crippen LogP contribution in [0.25, 0.3) is 11.4 Å². The molecule has 0 saturated heterocycles. The highest BCUT2D eigenvalue weighted by molar-refractivity contribution is 7.99. The largest absolute Gasteiger partial charge is 0.457 e. The summed E-state index contributed by atoms with van der Waals surface area (Å²) < 4.78 is 6.97. The third-order valence-electron chi connectivity index (χ3n) is 11.4. The van der Waals surface area contributed by atoms with Crippen LogP contribution < -0.4 is 14.5 Å². The zero-order valence-electron chi connectivity index (χ0n) is 29.0. The highest BCUT2D eigenvalue weighted by Gasteiger charge is 2.53. The van der Waals surface area contributed by atoms with E-state index in [9.17, 15) is 0 Å². The van der Waals surface area contributed by atoms with Crippen molar-refractivity contribution in [3.8, 4) is 22.9 Å². The van der Waals surface area contributed by atoms with Crippen LogP contribution >= 0.6 is 11.8 Å². The summed E-state index contributed by atoms with van der Waals surface area (Å²) in [6.07, 6.45) is 4.66. The van der Waals surface area contributed by atoms with Gasteiger partial charge in [0, 0.05) is 62.5 Å². The molecule has 0 atom stereocenters. The summed E-state index contributed by atoms with van der Waals surface area (Å²) in [4.78, 5) is 17.3. The maximum Gasteiger partial charge on any atom is 0.132 e. The number of benzene rings is 6. The Balaban J connectivity index is 1.14. The monoisotopic (exact) mass is 710 g/mol. The molecule has 1 spiro atoms. The van der Waals surface area contributed by atoms with Crippen LogP contribution in [0.2, 0.25) is 0 Å². The summed E-state index contributed by atoms with van der Waals surface area (Å²) in [5, 5.41) is 0. The van der Waals surface area contributed by atoms with Gasteiger partial charge in [0.2, 0.25) is 0 Å². The van der Waals surface area contributed by atoms with Gasteiger partial charge in [-0.25, -0.2) is 0 Å². The topological polar surface area (TPSA) is 41.5 Å². The number of anilines is 6. The number of para-hydroxylation sites is 4. The van der Waals surface area contributed by atoms with Crippen LogP contribution in [-0.4, -0.2) is 9.97 Å². The van der Waals surface area contributed by atoms with Crippen molar-refractivity contribution in [2.75, 3.05) is 9.80 Å². The molecular weight excluding hydrogens is 681 g/mol. The molecule has 0 fully saturated rings. The van der Waals surface area contributed by atoms with Crippen LogP contribution in [0.4, 0.5) is 34.1 Å². The number of hydrogen-bond acceptors (Lipinski definition) is 6. The Morgan fingerprint density at radius 3 is 1.46 bits per heavy atom. The molecule has 0 amide bonds. The van der Waals surface area contributed by atoms with Crippen molar-refractivity contribution in [1.82, 2.24) is 9.97 Å². The van der Waals surface area contributed by atoms with Crippen LogP contribution in [0.5, 0.6) is 11.5 Å². The van der Waals surface area contributed by atoms with Crippen molar-refractivity contribution in [1.29, 1.82) is 0 Å². The van der Waals surface area contributed by atoms with Gasteiger partial charge in [0.25, 0.3) is 0 Å². The van der Waals surface area contributed by atoms with Crippen LogP contribution in [0.3, 0.4) is 0 Å². The van der Waals surface area contributed by atoms with E-state index >= 15 is 0 Å². The van der Waals surface area contributed by atoms with Crippen LogP contribution in [0.1, 0.15) is 33.4 Å². The first-order chi connectivity index (χ1) is 26.8. The molecule has 5 nitrogen and oxygen atoms in total. The Kier molecular flexibility index (Phi) is 6.19. The summed E-state index contributed by atoms with van der Waals surface area (Å²) >= 11 is 1.82. The second kappa shape index (κ2) is 11.2. The van der Waals surface area contributed by atoms with Crippen LogP contribution in [0.15, 0.2) is 180 Å². The van der Waals surface area contributed by atoms with E-state index in [0.717, 1.165) is 74.3 Å². The molecule has 2 aromatic heterocycles. The molecule has 12 rings (SSSR count). The van der Waals surface area contributed by atoms with Crippen molar-refractivity contribution < 1.29 is 4.74 Å². The van der Waals surface area contributed by atoms with Crippen molar-refractivity contribution in [3.63, 3.8) is 0 Å². The number of fused-ring (bicyclic) bond motifs is 13. The lowest BCUT2D eigenvalue weighted by molar-refractivity contribution is 0.436. The van der Waals surface area contributed by atoms with Gasteiger partial charge in [0.1, 0.15) is 11.5 Å². The van der Waals surface area contributed by atoms with Gasteiger partial charge in [0.15, 0.2) is 0 Å². The molecule has 0 unspecified atom stereocenters. The third kappa shape index (κ3) is 4.00. The van der Waals surface area contributed by atoms with Crippen LogP contribution in [-0.2, 0) is 11.8 Å². The fraction of sp³-hybridized carbons (Fsp3) is 0.0417. The number of hydrogen-bond donors (Lipinski definition) is 0. The first-order valence-electron chi connectivity index (χ1n) is 18.3. The second-order valence-electron chi connectivity index (χ2n) is 14.2. The maximum atomic E-state index is 6.97. The zero-order chi connectivity index (χ0) is 35.4. The average molecular weight is 711 g/mol. The predicted molar refractivity (Wildman–Crippen MR) is 216 cm³/mol. The highest BCUT2D eigenvalue weighted by Crippen LogP contribution is 2.63. The van der Waals surface area contributed by atoms with Gasteiger partial charge in [-0.15, -0.1) is 0 Å². The fourth-order valence-electron chi connectivity index (χ4n) is 9.21. The number of pyridine rings is 2. The van der Waals surface area contributed by atoms with E-state index in [0.29, 0.717) is 0 Å². The smallest absolute Gasteiger partial charge is 0.132 e. The number of aromatic nitrogens is 2. The molecule has 4 aliphatic rings. The minimum absolute atomic E-state index is 0.749. The van der Waals surface area contributed by atoms with Gasteiger partial charge >= 0.3 is 0 Å². The summed E-state index contributed by atoms with van der Waals surface area (Å²) in [6, 6.07) is 56.8. The van der Waals surface area contributed by atoms with E-state index in [4.69, 9.17) is 14.7 Å². The fourth-order valence-corrected chi connectivity index (χ4v) is 10.3. The molecule has 8 aromatic rings. The minimum atomic E-state index is -0.749. The summed E-state index contributed by atoms with van der Waals surface area (Å²) in [7, 11) is 0. The van der Waals surface area contributed by atoms with Crippen LogP contribution in [0, 0.1) is 0 Å². The molecule has 0 N–H and O–H groups in total. The second-order valence-corrected chi connectivity index (χ2v) is 15.2. The van der Waals surface area contributed by atoms with Gasteiger partial charge in [-0.1, -0.05) is 84.6 Å². The summed E-state index contributed by atoms with van der Waals surface area (Å²) in [5.41, 5.74) is 14.9. The molecule has 6 aromatic carbocycles. The summed E-state index contributed by atoms with van der Waals surface area (Å²) in [6.45, 7) is 0. The van der Waals surface area contributed by atoms with Gasteiger partial charge in [-0.3, -0.25) is 9.97 Å². The minimum Gasteiger partial charge on any atom is -0.457 e. The molecule has 1 aliphatic carbocycles. The standard InChI is InChI=1S/C48H30N4OS/c1-3-15-38-30(11-1)27-31-12-2-4-16-39(31)51(38)32-21-23-42-36(28-32)48(34-13-9-25-49-46(34)47-35(48)14-10-26-50-47)37-29-33(22-24-43(37)53-42)52-40-17-5-7-19-44(40)54-45-20-8-6-18-41(45)52/h1-26,28-29H,27H2. The Morgan fingerprint density at radius 1 is 0.463 bits per heavy atom. The Hall–Kier alpha value is -6.63. The normalized spacial score (nSPS) is 14.7. The third-order valence-corrected chi connectivity index (χ3v) is 12.5. The first kappa shape index (κ1) is 29.9. The van der Waals surface area contributed by atoms with Crippen molar-refractivity contribution in [2.24, 2.45) is 0 Å². The lowest BCUT2D eigenvalue weighted by Gasteiger charge is -2.41. The molecule has 5 heterocycles. The lowest BCUT2D eigenvalue weighted by Crippen LogP contribution is -2.33. The molecule has 0 radical (unpaired) electrons. The van der Waals surface area contributed by atoms with E-state index in [2.05, 4.69) is 168 Å². The van der Waals surface area contributed by atoms with Gasteiger partial charge in [0.05, 0.1) is 28.2 Å². The van der Waals surface area contributed by atoms with E-state index in [1.54, 1.807) is 0 Å². The van der Waals surface area contributed by atoms with Crippen molar-refractivity contribution in [3.05, 3.63) is 203 Å². The highest BCUT2D eigenvalue weighted by atomic mass is 32.2. The molecule has 6 heteroatoms. The number of nitrogens with zero attached hydrogens (tertiary/aromatic N) is 4. The average Bonchev–Trinajstić information content (AvgIpc) is 3.52. The zero-order valence-corrected chi connectivity index (χ0v) is 29.8. The van der Waals surface area contributed by atoms with E-state index < -0.39 is 5.41 Å². The van der Waals surface area contributed by atoms with E-state index in [1.807, 2.05) is 24.2 Å². The van der Waals surface area contributed by atoms with Crippen molar-refractivity contribution >= 4 is 45.9 Å². The molecule has 0 saturated carbocycles. The predicted octanol–water partition coefficient (Wildman–Crippen LogP) is 12.3. The Morgan fingerprint density at radius 2 is 0.926 bits per heavy atom. The molecule has 0 bridgehead atoms. The van der Waals surface area contributed by atoms with Gasteiger partial charge < -0.3 is 14.5 Å². The molecule has 54 heavy (non-hydrogen) atoms. The quantitative estimate of drug-likeness (QED) is 0.178. The molecule has 3 aliphatic heterocycles. The number of ether oxygens (including phenoxy) is 1. The van der Waals surface area contributed by atoms with E-state index in [1.165, 1.54) is 32.3 Å². The number of rotatable bonds is 2. The maximum absolute atomic E-state index is 6.97. The first-order valence-corrected chi connectivity index (χ1v) is 19.1.